The molecule has 0 unspecified atom stereocenters. The Morgan fingerprint density at radius 2 is 2.33 bits per heavy atom. The first-order chi connectivity index (χ1) is 5.95. The van der Waals surface area contributed by atoms with Gasteiger partial charge in [0.15, 0.2) is 0 Å². The molecule has 0 saturated carbocycles. The van der Waals surface area contributed by atoms with Gasteiger partial charge in [-0.25, -0.2) is 4.98 Å². The van der Waals surface area contributed by atoms with E-state index in [-0.39, 0.29) is 0 Å². The highest BCUT2D eigenvalue weighted by atomic mass is 16.5. The average Bonchev–Trinajstić information content (AvgIpc) is 2.59. The van der Waals surface area contributed by atoms with Crippen molar-refractivity contribution in [2.24, 2.45) is 0 Å². The van der Waals surface area contributed by atoms with Gasteiger partial charge in [0.2, 0.25) is 0 Å². The van der Waals surface area contributed by atoms with E-state index < -0.39 is 0 Å². The molecule has 4 heteroatoms. The summed E-state index contributed by atoms with van der Waals surface area (Å²) in [6.07, 6.45) is 6.65. The predicted octanol–water partition coefficient (Wildman–Crippen LogP) is 1.60. The maximum atomic E-state index is 5.29. The Labute approximate surface area is 69.3 Å². The zero-order valence-corrected chi connectivity index (χ0v) is 6.27. The van der Waals surface area contributed by atoms with Crippen LogP contribution in [0.15, 0.2) is 36.9 Å². The van der Waals surface area contributed by atoms with E-state index in [9.17, 15) is 0 Å². The van der Waals surface area contributed by atoms with E-state index in [0.717, 1.165) is 0 Å². The lowest BCUT2D eigenvalue weighted by atomic mass is 10.5. The summed E-state index contributed by atoms with van der Waals surface area (Å²) >= 11 is 0. The van der Waals surface area contributed by atoms with Gasteiger partial charge in [-0.1, -0.05) is 0 Å². The number of ether oxygens (including phenoxy) is 1. The first-order valence-electron chi connectivity index (χ1n) is 3.52. The smallest absolute Gasteiger partial charge is 0.299 e. The van der Waals surface area contributed by atoms with Crippen LogP contribution in [-0.2, 0) is 0 Å². The summed E-state index contributed by atoms with van der Waals surface area (Å²) in [7, 11) is 0. The summed E-state index contributed by atoms with van der Waals surface area (Å²) in [5.74, 6) is 0.674. The predicted molar refractivity (Wildman–Crippen MR) is 42.9 cm³/mol. The molecule has 0 aliphatic rings. The molecule has 12 heavy (non-hydrogen) atoms. The maximum Gasteiger partial charge on any atom is 0.299 e. The van der Waals surface area contributed by atoms with E-state index in [1.807, 2.05) is 6.07 Å². The fourth-order valence-electron chi connectivity index (χ4n) is 0.826. The fraction of sp³-hybridized carbons (Fsp3) is 0. The summed E-state index contributed by atoms with van der Waals surface area (Å²) in [5.41, 5.74) is 0. The highest BCUT2D eigenvalue weighted by Gasteiger charge is 1.95. The third-order valence-electron chi connectivity index (χ3n) is 1.32. The minimum Gasteiger partial charge on any atom is -0.424 e. The molecule has 0 spiro atoms. The Bertz CT molecular complexity index is 330. The zero-order valence-electron chi connectivity index (χ0n) is 6.27. The van der Waals surface area contributed by atoms with Gasteiger partial charge in [0.25, 0.3) is 6.01 Å². The number of hydrogen-bond acceptors (Lipinski definition) is 3. The van der Waals surface area contributed by atoms with Crippen molar-refractivity contribution in [3.8, 4) is 11.8 Å². The molecule has 0 saturated heterocycles. The molecule has 4 nitrogen and oxygen atoms in total. The second-order valence-corrected chi connectivity index (χ2v) is 2.19. The van der Waals surface area contributed by atoms with Crippen LogP contribution in [0.1, 0.15) is 0 Å². The van der Waals surface area contributed by atoms with Gasteiger partial charge in [-0.15, -0.1) is 0 Å². The molecule has 0 bridgehead atoms. The van der Waals surface area contributed by atoms with Crippen molar-refractivity contribution in [1.29, 1.82) is 0 Å². The maximum absolute atomic E-state index is 5.29. The topological polar surface area (TPSA) is 50.8 Å². The van der Waals surface area contributed by atoms with Gasteiger partial charge in [-0.3, -0.25) is 4.98 Å². The van der Waals surface area contributed by atoms with Crippen LogP contribution in [0.2, 0.25) is 0 Å². The Morgan fingerprint density at radius 3 is 3.00 bits per heavy atom. The zero-order chi connectivity index (χ0) is 8.23. The third kappa shape index (κ3) is 1.42. The molecule has 0 amide bonds. The monoisotopic (exact) mass is 161 g/mol. The van der Waals surface area contributed by atoms with Crippen molar-refractivity contribution < 1.29 is 4.74 Å². The summed E-state index contributed by atoms with van der Waals surface area (Å²) in [4.78, 5) is 10.6. The number of nitrogens with zero attached hydrogens (tertiary/aromatic N) is 2. The molecule has 2 aromatic rings. The summed E-state index contributed by atoms with van der Waals surface area (Å²) in [6.45, 7) is 0. The van der Waals surface area contributed by atoms with Gasteiger partial charge < -0.3 is 9.72 Å². The molecule has 0 aliphatic carbocycles. The van der Waals surface area contributed by atoms with Gasteiger partial charge in [0, 0.05) is 18.6 Å². The van der Waals surface area contributed by atoms with Crippen LogP contribution in [0.5, 0.6) is 11.8 Å². The van der Waals surface area contributed by atoms with E-state index in [0.29, 0.717) is 11.8 Å². The largest absolute Gasteiger partial charge is 0.424 e. The highest BCUT2D eigenvalue weighted by Crippen LogP contribution is 2.14. The van der Waals surface area contributed by atoms with Crippen molar-refractivity contribution in [3.05, 3.63) is 36.9 Å². The van der Waals surface area contributed by atoms with Gasteiger partial charge in [-0.2, -0.15) is 0 Å². The Hall–Kier alpha value is -1.84. The van der Waals surface area contributed by atoms with Crippen molar-refractivity contribution in [2.75, 3.05) is 0 Å². The third-order valence-corrected chi connectivity index (χ3v) is 1.32. The van der Waals surface area contributed by atoms with Crippen LogP contribution < -0.4 is 4.74 Å². The van der Waals surface area contributed by atoms with E-state index >= 15 is 0 Å². The molecule has 0 radical (unpaired) electrons. The fourth-order valence-corrected chi connectivity index (χ4v) is 0.826. The standard InChI is InChI=1S/C8H7N3O/c1-2-7(6-9-3-1)12-8-10-4-5-11-8/h1-6H,(H,10,11). The van der Waals surface area contributed by atoms with Crippen molar-refractivity contribution in [2.45, 2.75) is 0 Å². The first-order valence-corrected chi connectivity index (χ1v) is 3.52. The summed E-state index contributed by atoms with van der Waals surface area (Å²) < 4.78 is 5.29. The molecule has 0 aliphatic heterocycles. The lowest BCUT2D eigenvalue weighted by Crippen LogP contribution is -1.85. The second kappa shape index (κ2) is 3.04. The molecule has 0 atom stereocenters. The van der Waals surface area contributed by atoms with Crippen LogP contribution in [0.3, 0.4) is 0 Å². The molecule has 2 aromatic heterocycles. The molecule has 0 fully saturated rings. The molecule has 1 N–H and O–H groups in total. The van der Waals surface area contributed by atoms with E-state index in [1.165, 1.54) is 0 Å². The number of pyridine rings is 1. The summed E-state index contributed by atoms with van der Waals surface area (Å²) in [5, 5.41) is 0. The van der Waals surface area contributed by atoms with Crippen LogP contribution in [0, 0.1) is 0 Å². The minimum absolute atomic E-state index is 0.475. The molecular formula is C8H7N3O. The number of hydrogen-bond donors (Lipinski definition) is 1. The van der Waals surface area contributed by atoms with Crippen molar-refractivity contribution in [3.63, 3.8) is 0 Å². The number of imidazole rings is 1. The average molecular weight is 161 g/mol. The lowest BCUT2D eigenvalue weighted by Gasteiger charge is -1.98. The second-order valence-electron chi connectivity index (χ2n) is 2.19. The van der Waals surface area contributed by atoms with Crippen molar-refractivity contribution >= 4 is 0 Å². The van der Waals surface area contributed by atoms with Crippen molar-refractivity contribution in [1.82, 2.24) is 15.0 Å². The van der Waals surface area contributed by atoms with Gasteiger partial charge in [-0.05, 0) is 12.1 Å². The van der Waals surface area contributed by atoms with E-state index in [2.05, 4.69) is 15.0 Å². The van der Waals surface area contributed by atoms with Crippen LogP contribution >= 0.6 is 0 Å². The molecule has 0 aromatic carbocycles. The Kier molecular flexibility index (Phi) is 1.74. The number of nitrogens with one attached hydrogen (secondary N) is 1. The quantitative estimate of drug-likeness (QED) is 0.727. The molecule has 2 rings (SSSR count). The molecule has 2 heterocycles. The van der Waals surface area contributed by atoms with E-state index in [4.69, 9.17) is 4.74 Å². The number of H-pyrrole nitrogens is 1. The lowest BCUT2D eigenvalue weighted by molar-refractivity contribution is 0.445. The van der Waals surface area contributed by atoms with Crippen LogP contribution in [-0.4, -0.2) is 15.0 Å². The van der Waals surface area contributed by atoms with Gasteiger partial charge in [0.1, 0.15) is 5.75 Å². The number of rotatable bonds is 2. The van der Waals surface area contributed by atoms with Crippen LogP contribution in [0.25, 0.3) is 0 Å². The molecule has 60 valence electrons. The summed E-state index contributed by atoms with van der Waals surface area (Å²) in [6, 6.07) is 4.09. The number of aromatic amines is 1. The number of aromatic nitrogens is 3. The first kappa shape index (κ1) is 6.84. The SMILES string of the molecule is c1cncc(Oc2ncc[nH]2)c1. The van der Waals surface area contributed by atoms with Gasteiger partial charge in [0.05, 0.1) is 6.20 Å². The highest BCUT2D eigenvalue weighted by molar-refractivity contribution is 5.19. The van der Waals surface area contributed by atoms with Crippen LogP contribution in [0.4, 0.5) is 0 Å². The Balaban J connectivity index is 2.15. The minimum atomic E-state index is 0.475. The van der Waals surface area contributed by atoms with E-state index in [1.54, 1.807) is 30.9 Å². The molecular weight excluding hydrogens is 154 g/mol. The Morgan fingerprint density at radius 1 is 1.33 bits per heavy atom. The normalized spacial score (nSPS) is 9.67. The van der Waals surface area contributed by atoms with Gasteiger partial charge >= 0.3 is 0 Å².